The van der Waals surface area contributed by atoms with Gasteiger partial charge in [0.2, 0.25) is 11.8 Å². The largest absolute Gasteiger partial charge is 0.416 e. The number of carbonyl (C=O) groups is 4. The zero-order valence-corrected chi connectivity index (χ0v) is 19.9. The van der Waals surface area contributed by atoms with Gasteiger partial charge < -0.3 is 15.5 Å². The molecule has 3 amide bonds. The zero-order valence-electron chi connectivity index (χ0n) is 19.9. The number of ketones is 1. The summed E-state index contributed by atoms with van der Waals surface area (Å²) in [7, 11) is 1.75. The molecule has 0 spiro atoms. The number of nitrogens with one attached hydrogen (secondary N) is 2. The third kappa shape index (κ3) is 7.27. The van der Waals surface area contributed by atoms with Crippen molar-refractivity contribution in [2.24, 2.45) is 0 Å². The second-order valence-electron chi connectivity index (χ2n) is 9.33. The van der Waals surface area contributed by atoms with E-state index in [-0.39, 0.29) is 42.3 Å². The van der Waals surface area contributed by atoms with E-state index in [1.807, 2.05) is 0 Å². The number of halogens is 3. The molecule has 0 aromatic heterocycles. The molecule has 1 aliphatic heterocycles. The first kappa shape index (κ1) is 26.7. The van der Waals surface area contributed by atoms with Gasteiger partial charge in [-0.05, 0) is 50.8 Å². The highest BCUT2D eigenvalue weighted by Crippen LogP contribution is 2.30. The summed E-state index contributed by atoms with van der Waals surface area (Å²) in [6.45, 7) is 2.45. The van der Waals surface area contributed by atoms with E-state index in [9.17, 15) is 32.3 Å². The molecule has 1 saturated heterocycles. The highest BCUT2D eigenvalue weighted by atomic mass is 19.4. The summed E-state index contributed by atoms with van der Waals surface area (Å²) in [6.07, 6.45) is -1.04. The molecule has 0 bridgehead atoms. The van der Waals surface area contributed by atoms with Crippen molar-refractivity contribution in [2.45, 2.75) is 63.3 Å². The molecule has 192 valence electrons. The molecule has 0 unspecified atom stereocenters. The number of hydrogen-bond donors (Lipinski definition) is 2. The fourth-order valence-electron chi connectivity index (χ4n) is 4.63. The monoisotopic (exact) mass is 496 g/mol. The van der Waals surface area contributed by atoms with Gasteiger partial charge in [0.15, 0.2) is 0 Å². The Kier molecular flexibility index (Phi) is 8.52. The first-order valence-corrected chi connectivity index (χ1v) is 11.7. The third-order valence-corrected chi connectivity index (χ3v) is 6.66. The summed E-state index contributed by atoms with van der Waals surface area (Å²) in [6, 6.07) is 4.50. The molecule has 1 aromatic rings. The molecule has 0 atom stereocenters. The van der Waals surface area contributed by atoms with Crippen LogP contribution in [0.5, 0.6) is 0 Å². The number of rotatable bonds is 8. The van der Waals surface area contributed by atoms with E-state index in [0.717, 1.165) is 43.9 Å². The fourth-order valence-corrected chi connectivity index (χ4v) is 4.63. The average molecular weight is 497 g/mol. The van der Waals surface area contributed by atoms with Crippen molar-refractivity contribution in [3.8, 4) is 0 Å². The van der Waals surface area contributed by atoms with Crippen molar-refractivity contribution in [1.82, 2.24) is 20.4 Å². The first-order chi connectivity index (χ1) is 16.4. The second-order valence-corrected chi connectivity index (χ2v) is 9.33. The van der Waals surface area contributed by atoms with Crippen LogP contribution in [0.25, 0.3) is 0 Å². The topological polar surface area (TPSA) is 98.8 Å². The Morgan fingerprint density at radius 1 is 1.09 bits per heavy atom. The molecular formula is C24H31F3N4O4. The standard InChI is InChI=1S/C24H31F3N4O4/c1-15(32)10-22(34)30(2)19-6-8-20(9-7-19)31-13-18(14-31)29-21(33)12-28-23(35)16-4-3-5-17(11-16)24(25,26)27/h3-5,11,18-20H,6-10,12-14H2,1-2H3,(H,28,35)(H,29,33). The fraction of sp³-hybridized carbons (Fsp3) is 0.583. The number of Topliss-reactive ketones (excluding diaryl/α,β-unsaturated/α-hetero) is 1. The van der Waals surface area contributed by atoms with Crippen LogP contribution in [0.1, 0.15) is 54.9 Å². The summed E-state index contributed by atoms with van der Waals surface area (Å²) in [5.74, 6) is -1.43. The maximum absolute atomic E-state index is 12.8. The molecular weight excluding hydrogens is 465 g/mol. The van der Waals surface area contributed by atoms with Gasteiger partial charge in [-0.2, -0.15) is 13.2 Å². The zero-order chi connectivity index (χ0) is 25.8. The van der Waals surface area contributed by atoms with Gasteiger partial charge in [-0.15, -0.1) is 0 Å². The first-order valence-electron chi connectivity index (χ1n) is 11.7. The number of alkyl halides is 3. The molecule has 3 rings (SSSR count). The Labute approximate surface area is 202 Å². The minimum absolute atomic E-state index is 0.0505. The summed E-state index contributed by atoms with van der Waals surface area (Å²) < 4.78 is 38.4. The van der Waals surface area contributed by atoms with Crippen LogP contribution in [0.4, 0.5) is 13.2 Å². The molecule has 11 heteroatoms. The number of hydrogen-bond acceptors (Lipinski definition) is 5. The number of likely N-dealkylation sites (tertiary alicyclic amines) is 1. The molecule has 0 radical (unpaired) electrons. The molecule has 1 heterocycles. The van der Waals surface area contributed by atoms with Gasteiger partial charge >= 0.3 is 6.18 Å². The van der Waals surface area contributed by atoms with Gasteiger partial charge in [0.1, 0.15) is 5.78 Å². The predicted octanol–water partition coefficient (Wildman–Crippen LogP) is 1.98. The summed E-state index contributed by atoms with van der Waals surface area (Å²) in [5.41, 5.74) is -1.08. The Morgan fingerprint density at radius 3 is 2.34 bits per heavy atom. The van der Waals surface area contributed by atoms with Crippen molar-refractivity contribution in [3.05, 3.63) is 35.4 Å². The molecule has 1 saturated carbocycles. The Bertz CT molecular complexity index is 954. The smallest absolute Gasteiger partial charge is 0.349 e. The Balaban J connectivity index is 1.35. The molecule has 2 aliphatic rings. The third-order valence-electron chi connectivity index (χ3n) is 6.66. The highest BCUT2D eigenvalue weighted by Gasteiger charge is 2.36. The number of carbonyl (C=O) groups excluding carboxylic acids is 4. The van der Waals surface area contributed by atoms with Crippen LogP contribution in [-0.4, -0.2) is 78.1 Å². The van der Waals surface area contributed by atoms with Crippen LogP contribution in [0, 0.1) is 0 Å². The van der Waals surface area contributed by atoms with Gasteiger partial charge in [-0.1, -0.05) is 6.07 Å². The maximum atomic E-state index is 12.8. The van der Waals surface area contributed by atoms with Crippen molar-refractivity contribution in [2.75, 3.05) is 26.7 Å². The highest BCUT2D eigenvalue weighted by molar-refractivity contribution is 5.97. The second kappa shape index (κ2) is 11.2. The Morgan fingerprint density at radius 2 is 1.74 bits per heavy atom. The van der Waals surface area contributed by atoms with Gasteiger partial charge in [0.05, 0.1) is 24.6 Å². The van der Waals surface area contributed by atoms with Crippen LogP contribution in [0.15, 0.2) is 24.3 Å². The lowest BCUT2D eigenvalue weighted by Crippen LogP contribution is -2.63. The van der Waals surface area contributed by atoms with Crippen molar-refractivity contribution in [3.63, 3.8) is 0 Å². The molecule has 1 aliphatic carbocycles. The molecule has 1 aromatic carbocycles. The maximum Gasteiger partial charge on any atom is 0.416 e. The van der Waals surface area contributed by atoms with E-state index in [1.54, 1.807) is 11.9 Å². The lowest BCUT2D eigenvalue weighted by Gasteiger charge is -2.47. The lowest BCUT2D eigenvalue weighted by molar-refractivity contribution is -0.138. The molecule has 8 nitrogen and oxygen atoms in total. The van der Waals surface area contributed by atoms with E-state index < -0.39 is 23.6 Å². The lowest BCUT2D eigenvalue weighted by atomic mass is 9.87. The van der Waals surface area contributed by atoms with E-state index in [0.29, 0.717) is 19.1 Å². The van der Waals surface area contributed by atoms with Crippen molar-refractivity contribution >= 4 is 23.5 Å². The SMILES string of the molecule is CC(=O)CC(=O)N(C)C1CCC(N2CC(NC(=O)CNC(=O)c3cccc(C(F)(F)F)c3)C2)CC1. The van der Waals surface area contributed by atoms with E-state index in [2.05, 4.69) is 15.5 Å². The van der Waals surface area contributed by atoms with Gasteiger partial charge in [-0.3, -0.25) is 24.1 Å². The average Bonchev–Trinajstić information content (AvgIpc) is 2.78. The van der Waals surface area contributed by atoms with Gasteiger partial charge in [-0.25, -0.2) is 0 Å². The normalized spacial score (nSPS) is 21.1. The minimum Gasteiger partial charge on any atom is -0.349 e. The van der Waals surface area contributed by atoms with Crippen molar-refractivity contribution < 1.29 is 32.3 Å². The Hall–Kier alpha value is -2.95. The van der Waals surface area contributed by atoms with E-state index in [4.69, 9.17) is 0 Å². The summed E-state index contributed by atoms with van der Waals surface area (Å²) in [4.78, 5) is 51.5. The summed E-state index contributed by atoms with van der Waals surface area (Å²) >= 11 is 0. The van der Waals surface area contributed by atoms with E-state index >= 15 is 0 Å². The van der Waals surface area contributed by atoms with Crippen LogP contribution in [0.2, 0.25) is 0 Å². The van der Waals surface area contributed by atoms with Gasteiger partial charge in [0.25, 0.3) is 5.91 Å². The minimum atomic E-state index is -4.55. The predicted molar refractivity (Wildman–Crippen MR) is 121 cm³/mol. The summed E-state index contributed by atoms with van der Waals surface area (Å²) in [5, 5.41) is 5.18. The molecule has 2 fully saturated rings. The van der Waals surface area contributed by atoms with Gasteiger partial charge in [0, 0.05) is 37.8 Å². The number of benzene rings is 1. The van der Waals surface area contributed by atoms with Crippen LogP contribution < -0.4 is 10.6 Å². The van der Waals surface area contributed by atoms with Crippen LogP contribution in [0.3, 0.4) is 0 Å². The van der Waals surface area contributed by atoms with Crippen molar-refractivity contribution in [1.29, 1.82) is 0 Å². The quantitative estimate of drug-likeness (QED) is 0.537. The van der Waals surface area contributed by atoms with Crippen LogP contribution in [-0.2, 0) is 20.6 Å². The van der Waals surface area contributed by atoms with Crippen LogP contribution >= 0.6 is 0 Å². The van der Waals surface area contributed by atoms with E-state index in [1.165, 1.54) is 13.0 Å². The number of nitrogens with zero attached hydrogens (tertiary/aromatic N) is 2. The molecule has 2 N–H and O–H groups in total. The molecule has 35 heavy (non-hydrogen) atoms. The number of amides is 3.